The van der Waals surface area contributed by atoms with Gasteiger partial charge in [-0.2, -0.15) is 4.31 Å². The van der Waals surface area contributed by atoms with Crippen LogP contribution in [0.1, 0.15) is 11.1 Å². The molecular weight excluding hydrogens is 390 g/mol. The van der Waals surface area contributed by atoms with E-state index >= 15 is 0 Å². The lowest BCUT2D eigenvalue weighted by atomic mass is 10.2. The third kappa shape index (κ3) is 5.58. The molecule has 0 unspecified atom stereocenters. The molecule has 3 aromatic rings. The van der Waals surface area contributed by atoms with Gasteiger partial charge in [0.1, 0.15) is 24.7 Å². The molecule has 0 spiro atoms. The minimum atomic E-state index is -3.95. The summed E-state index contributed by atoms with van der Waals surface area (Å²) >= 11 is 0. The van der Waals surface area contributed by atoms with Gasteiger partial charge in [-0.15, -0.1) is 0 Å². The predicted octanol–water partition coefficient (Wildman–Crippen LogP) is 4.37. The van der Waals surface area contributed by atoms with Crippen LogP contribution in [0.3, 0.4) is 0 Å². The van der Waals surface area contributed by atoms with E-state index in [4.69, 9.17) is 9.47 Å². The van der Waals surface area contributed by atoms with E-state index in [1.165, 1.54) is 6.07 Å². The monoisotopic (exact) mass is 411 g/mol. The predicted molar refractivity (Wildman–Crippen MR) is 111 cm³/mol. The molecule has 0 bridgehead atoms. The number of hydrogen-bond acceptors (Lipinski definition) is 5. The minimum Gasteiger partial charge on any atom is -0.487 e. The third-order valence-electron chi connectivity index (χ3n) is 4.02. The fourth-order valence-electron chi connectivity index (χ4n) is 2.67. The molecule has 1 amide bonds. The molecule has 0 aliphatic heterocycles. The highest BCUT2D eigenvalue weighted by Gasteiger charge is 2.29. The van der Waals surface area contributed by atoms with Crippen LogP contribution in [0.15, 0.2) is 84.9 Å². The number of para-hydroxylation sites is 2. The van der Waals surface area contributed by atoms with E-state index in [1.807, 2.05) is 48.5 Å². The maximum absolute atomic E-state index is 12.7. The lowest BCUT2D eigenvalue weighted by molar-refractivity contribution is 0.151. The molecule has 29 heavy (non-hydrogen) atoms. The molecule has 6 nitrogen and oxygen atoms in total. The third-order valence-corrected chi connectivity index (χ3v) is 5.03. The Morgan fingerprint density at radius 1 is 0.793 bits per heavy atom. The summed E-state index contributed by atoms with van der Waals surface area (Å²) in [5.74, 6) is 0.262. The van der Waals surface area contributed by atoms with E-state index < -0.39 is 16.1 Å². The SMILES string of the molecule is CS(=O)(=O)N(C(=O)OCc1ccccc1)c1ccccc1OCc1ccccc1. The van der Waals surface area contributed by atoms with Gasteiger partial charge in [-0.25, -0.2) is 13.2 Å². The number of anilines is 1. The summed E-state index contributed by atoms with van der Waals surface area (Å²) in [7, 11) is -3.95. The average Bonchev–Trinajstić information content (AvgIpc) is 2.72. The first kappa shape index (κ1) is 20.4. The highest BCUT2D eigenvalue weighted by atomic mass is 32.2. The Hall–Kier alpha value is -3.32. The standard InChI is InChI=1S/C22H21NO5S/c1-29(25,26)23(22(24)28-17-19-12-6-3-7-13-19)20-14-8-9-15-21(20)27-16-18-10-4-2-5-11-18/h2-15H,16-17H2,1H3. The lowest BCUT2D eigenvalue weighted by Gasteiger charge is -2.22. The molecule has 0 saturated carbocycles. The Kier molecular flexibility index (Phi) is 6.51. The van der Waals surface area contributed by atoms with Crippen molar-refractivity contribution >= 4 is 21.8 Å². The molecule has 0 saturated heterocycles. The Balaban J connectivity index is 1.82. The van der Waals surface area contributed by atoms with Gasteiger partial charge in [0.2, 0.25) is 10.0 Å². The number of amides is 1. The van der Waals surface area contributed by atoms with E-state index in [1.54, 1.807) is 30.3 Å². The van der Waals surface area contributed by atoms with Gasteiger partial charge in [-0.3, -0.25) is 0 Å². The molecular formula is C22H21NO5S. The summed E-state index contributed by atoms with van der Waals surface area (Å²) < 4.78 is 36.4. The van der Waals surface area contributed by atoms with Crippen LogP contribution in [0, 0.1) is 0 Å². The molecule has 0 radical (unpaired) electrons. The van der Waals surface area contributed by atoms with Crippen LogP contribution in [-0.4, -0.2) is 20.8 Å². The minimum absolute atomic E-state index is 0.0429. The van der Waals surface area contributed by atoms with Crippen LogP contribution in [-0.2, 0) is 28.0 Å². The van der Waals surface area contributed by atoms with E-state index in [9.17, 15) is 13.2 Å². The van der Waals surface area contributed by atoms with Crippen LogP contribution in [0.5, 0.6) is 5.75 Å². The molecule has 0 fully saturated rings. The van der Waals surface area contributed by atoms with Crippen molar-refractivity contribution in [2.75, 3.05) is 10.6 Å². The van der Waals surface area contributed by atoms with Gasteiger partial charge in [-0.1, -0.05) is 72.8 Å². The van der Waals surface area contributed by atoms with Crippen LogP contribution >= 0.6 is 0 Å². The summed E-state index contributed by atoms with van der Waals surface area (Å²) in [5, 5.41) is 0. The first-order chi connectivity index (χ1) is 13.9. The van der Waals surface area contributed by atoms with Crippen LogP contribution in [0.2, 0.25) is 0 Å². The second-order valence-corrected chi connectivity index (χ2v) is 8.14. The molecule has 0 heterocycles. The second kappa shape index (κ2) is 9.25. The smallest absolute Gasteiger partial charge is 0.428 e. The summed E-state index contributed by atoms with van der Waals surface area (Å²) in [5.41, 5.74) is 1.77. The Morgan fingerprint density at radius 3 is 1.90 bits per heavy atom. The molecule has 0 N–H and O–H groups in total. The first-order valence-corrected chi connectivity index (χ1v) is 10.8. The van der Waals surface area contributed by atoms with Gasteiger partial charge in [0.15, 0.2) is 0 Å². The first-order valence-electron chi connectivity index (χ1n) is 8.92. The number of benzene rings is 3. The van der Waals surface area contributed by atoms with Gasteiger partial charge >= 0.3 is 6.09 Å². The fraction of sp³-hybridized carbons (Fsp3) is 0.136. The molecule has 0 aliphatic rings. The van der Waals surface area contributed by atoms with Gasteiger partial charge in [0, 0.05) is 0 Å². The Bertz CT molecular complexity index is 1050. The van der Waals surface area contributed by atoms with E-state index in [0.29, 0.717) is 4.31 Å². The average molecular weight is 411 g/mol. The van der Waals surface area contributed by atoms with Crippen LogP contribution in [0.4, 0.5) is 10.5 Å². The highest BCUT2D eigenvalue weighted by Crippen LogP contribution is 2.31. The molecule has 3 aromatic carbocycles. The number of sulfonamides is 1. The number of nitrogens with zero attached hydrogens (tertiary/aromatic N) is 1. The van der Waals surface area contributed by atoms with Gasteiger partial charge in [0.05, 0.1) is 6.26 Å². The molecule has 0 aromatic heterocycles. The van der Waals surface area contributed by atoms with Gasteiger partial charge < -0.3 is 9.47 Å². The number of rotatable bonds is 7. The van der Waals surface area contributed by atoms with Crippen molar-refractivity contribution < 1.29 is 22.7 Å². The maximum atomic E-state index is 12.7. The van der Waals surface area contributed by atoms with Crippen molar-refractivity contribution in [3.05, 3.63) is 96.1 Å². The molecule has 3 rings (SSSR count). The number of ether oxygens (including phenoxy) is 2. The van der Waals surface area contributed by atoms with Crippen molar-refractivity contribution in [1.82, 2.24) is 0 Å². The number of hydrogen-bond donors (Lipinski definition) is 0. The van der Waals surface area contributed by atoms with Gasteiger partial charge in [0.25, 0.3) is 0 Å². The van der Waals surface area contributed by atoms with E-state index in [0.717, 1.165) is 17.4 Å². The van der Waals surface area contributed by atoms with E-state index in [2.05, 4.69) is 0 Å². The molecule has 150 valence electrons. The fourth-order valence-corrected chi connectivity index (χ4v) is 3.50. The van der Waals surface area contributed by atoms with Crippen molar-refractivity contribution in [3.8, 4) is 5.75 Å². The van der Waals surface area contributed by atoms with Crippen molar-refractivity contribution in [1.29, 1.82) is 0 Å². The summed E-state index contributed by atoms with van der Waals surface area (Å²) in [4.78, 5) is 12.7. The zero-order chi connectivity index (χ0) is 20.7. The van der Waals surface area contributed by atoms with Crippen molar-refractivity contribution in [2.45, 2.75) is 13.2 Å². The normalized spacial score (nSPS) is 10.9. The largest absolute Gasteiger partial charge is 0.487 e. The molecule has 7 heteroatoms. The zero-order valence-electron chi connectivity index (χ0n) is 15.9. The van der Waals surface area contributed by atoms with Crippen molar-refractivity contribution in [3.63, 3.8) is 0 Å². The zero-order valence-corrected chi connectivity index (χ0v) is 16.7. The quantitative estimate of drug-likeness (QED) is 0.577. The van der Waals surface area contributed by atoms with Crippen LogP contribution in [0.25, 0.3) is 0 Å². The molecule has 0 aliphatic carbocycles. The number of carbonyl (C=O) groups excluding carboxylic acids is 1. The number of carbonyl (C=O) groups is 1. The summed E-state index contributed by atoms with van der Waals surface area (Å²) in [6, 6.07) is 24.9. The van der Waals surface area contributed by atoms with E-state index in [-0.39, 0.29) is 24.7 Å². The highest BCUT2D eigenvalue weighted by molar-refractivity contribution is 7.92. The molecule has 0 atom stereocenters. The lowest BCUT2D eigenvalue weighted by Crippen LogP contribution is -2.36. The van der Waals surface area contributed by atoms with Crippen molar-refractivity contribution in [2.24, 2.45) is 0 Å². The Labute approximate surface area is 170 Å². The summed E-state index contributed by atoms with van der Waals surface area (Å²) in [6.07, 6.45) is -0.0443. The Morgan fingerprint density at radius 2 is 1.31 bits per heavy atom. The topological polar surface area (TPSA) is 72.9 Å². The maximum Gasteiger partial charge on any atom is 0.428 e. The van der Waals surface area contributed by atoms with Crippen LogP contribution < -0.4 is 9.04 Å². The summed E-state index contributed by atoms with van der Waals surface area (Å²) in [6.45, 7) is 0.188. The van der Waals surface area contributed by atoms with Gasteiger partial charge in [-0.05, 0) is 23.3 Å². The second-order valence-electron chi connectivity index (χ2n) is 6.31.